The molecule has 1 aliphatic heterocycles. The van der Waals surface area contributed by atoms with E-state index in [0.29, 0.717) is 22.3 Å². The van der Waals surface area contributed by atoms with Gasteiger partial charge >= 0.3 is 0 Å². The van der Waals surface area contributed by atoms with E-state index in [9.17, 15) is 0 Å². The molecule has 0 saturated carbocycles. The van der Waals surface area contributed by atoms with Gasteiger partial charge in [-0.3, -0.25) is 0 Å². The molecular formula is C13H18N6OS. The van der Waals surface area contributed by atoms with Gasteiger partial charge in [-0.05, 0) is 26.3 Å². The SMILES string of the molecule is CCNc1nc(SC2CCOC2C)nc(-n2cccn2)n1. The molecule has 1 N–H and O–H groups in total. The van der Waals surface area contributed by atoms with Gasteiger partial charge in [0.1, 0.15) is 0 Å². The lowest BCUT2D eigenvalue weighted by molar-refractivity contribution is 0.127. The van der Waals surface area contributed by atoms with Gasteiger partial charge in [-0.15, -0.1) is 0 Å². The van der Waals surface area contributed by atoms with Crippen molar-refractivity contribution in [2.75, 3.05) is 18.5 Å². The van der Waals surface area contributed by atoms with Crippen LogP contribution in [0.25, 0.3) is 5.95 Å². The van der Waals surface area contributed by atoms with Gasteiger partial charge in [0.25, 0.3) is 5.95 Å². The van der Waals surface area contributed by atoms with Gasteiger partial charge < -0.3 is 10.1 Å². The van der Waals surface area contributed by atoms with E-state index < -0.39 is 0 Å². The Morgan fingerprint density at radius 3 is 3.00 bits per heavy atom. The monoisotopic (exact) mass is 306 g/mol. The van der Waals surface area contributed by atoms with Crippen LogP contribution in [0.2, 0.25) is 0 Å². The molecular weight excluding hydrogens is 288 g/mol. The van der Waals surface area contributed by atoms with Crippen LogP contribution in [0, 0.1) is 0 Å². The third-order valence-corrected chi connectivity index (χ3v) is 4.53. The van der Waals surface area contributed by atoms with Crippen molar-refractivity contribution in [2.45, 2.75) is 36.8 Å². The maximum Gasteiger partial charge on any atom is 0.256 e. The minimum Gasteiger partial charge on any atom is -0.377 e. The van der Waals surface area contributed by atoms with Crippen molar-refractivity contribution in [3.63, 3.8) is 0 Å². The molecule has 0 spiro atoms. The second-order valence-electron chi connectivity index (χ2n) is 4.74. The molecule has 1 aliphatic rings. The van der Waals surface area contributed by atoms with Gasteiger partial charge in [0.2, 0.25) is 5.95 Å². The number of nitrogens with zero attached hydrogens (tertiary/aromatic N) is 5. The summed E-state index contributed by atoms with van der Waals surface area (Å²) in [5.41, 5.74) is 0. The fraction of sp³-hybridized carbons (Fsp3) is 0.538. The molecule has 0 radical (unpaired) electrons. The fourth-order valence-electron chi connectivity index (χ4n) is 2.13. The zero-order valence-corrected chi connectivity index (χ0v) is 12.9. The first-order valence-corrected chi connectivity index (χ1v) is 7.92. The summed E-state index contributed by atoms with van der Waals surface area (Å²) in [4.78, 5) is 13.3. The summed E-state index contributed by atoms with van der Waals surface area (Å²) in [6.07, 6.45) is 4.77. The maximum atomic E-state index is 5.59. The van der Waals surface area contributed by atoms with E-state index in [1.165, 1.54) is 0 Å². The topological polar surface area (TPSA) is 77.8 Å². The van der Waals surface area contributed by atoms with E-state index in [1.54, 1.807) is 22.6 Å². The van der Waals surface area contributed by atoms with Crippen molar-refractivity contribution in [3.05, 3.63) is 18.5 Å². The Balaban J connectivity index is 1.88. The summed E-state index contributed by atoms with van der Waals surface area (Å²) in [5, 5.41) is 8.40. The molecule has 8 heteroatoms. The quantitative estimate of drug-likeness (QED) is 0.901. The fourth-order valence-corrected chi connectivity index (χ4v) is 3.16. The van der Waals surface area contributed by atoms with Crippen LogP contribution in [0.1, 0.15) is 20.3 Å². The Bertz CT molecular complexity index is 590. The molecule has 3 rings (SSSR count). The molecule has 3 heterocycles. The predicted molar refractivity (Wildman–Crippen MR) is 80.8 cm³/mol. The number of rotatable bonds is 5. The number of ether oxygens (including phenoxy) is 1. The Hall–Kier alpha value is -1.67. The molecule has 1 saturated heterocycles. The van der Waals surface area contributed by atoms with Crippen LogP contribution in [0.15, 0.2) is 23.6 Å². The van der Waals surface area contributed by atoms with E-state index >= 15 is 0 Å². The summed E-state index contributed by atoms with van der Waals surface area (Å²) >= 11 is 1.64. The van der Waals surface area contributed by atoms with E-state index in [-0.39, 0.29) is 6.10 Å². The van der Waals surface area contributed by atoms with Gasteiger partial charge in [-0.25, -0.2) is 4.68 Å². The van der Waals surface area contributed by atoms with E-state index in [0.717, 1.165) is 19.6 Å². The maximum absolute atomic E-state index is 5.59. The first kappa shape index (κ1) is 14.3. The van der Waals surface area contributed by atoms with E-state index in [2.05, 4.69) is 32.3 Å². The molecule has 2 aromatic heterocycles. The van der Waals surface area contributed by atoms with Crippen molar-refractivity contribution >= 4 is 17.7 Å². The first-order chi connectivity index (χ1) is 10.3. The first-order valence-electron chi connectivity index (χ1n) is 7.04. The van der Waals surface area contributed by atoms with Crippen LogP contribution in [0.3, 0.4) is 0 Å². The molecule has 0 amide bonds. The number of anilines is 1. The van der Waals surface area contributed by atoms with Crippen LogP contribution in [0.4, 0.5) is 5.95 Å². The molecule has 1 fully saturated rings. The Morgan fingerprint density at radius 2 is 2.33 bits per heavy atom. The summed E-state index contributed by atoms with van der Waals surface area (Å²) in [5.74, 6) is 1.10. The minimum absolute atomic E-state index is 0.225. The van der Waals surface area contributed by atoms with E-state index in [1.807, 2.05) is 19.2 Å². The lowest BCUT2D eigenvalue weighted by Crippen LogP contribution is -2.15. The number of hydrogen-bond donors (Lipinski definition) is 1. The van der Waals surface area contributed by atoms with Crippen molar-refractivity contribution < 1.29 is 4.74 Å². The largest absolute Gasteiger partial charge is 0.377 e. The summed E-state index contributed by atoms with van der Waals surface area (Å²) < 4.78 is 7.23. The smallest absolute Gasteiger partial charge is 0.256 e. The highest BCUT2D eigenvalue weighted by Gasteiger charge is 2.26. The molecule has 21 heavy (non-hydrogen) atoms. The molecule has 112 valence electrons. The second-order valence-corrected chi connectivity index (χ2v) is 5.95. The van der Waals surface area contributed by atoms with Crippen molar-refractivity contribution in [1.82, 2.24) is 24.7 Å². The highest BCUT2D eigenvalue weighted by atomic mass is 32.2. The number of hydrogen-bond acceptors (Lipinski definition) is 7. The Labute approximate surface area is 127 Å². The van der Waals surface area contributed by atoms with Crippen LogP contribution in [-0.4, -0.2) is 49.2 Å². The van der Waals surface area contributed by atoms with Crippen LogP contribution in [-0.2, 0) is 4.74 Å². The highest BCUT2D eigenvalue weighted by molar-refractivity contribution is 7.99. The molecule has 0 aromatic carbocycles. The lowest BCUT2D eigenvalue weighted by atomic mass is 10.3. The molecule has 2 atom stereocenters. The van der Waals surface area contributed by atoms with Crippen LogP contribution >= 0.6 is 11.8 Å². The zero-order valence-electron chi connectivity index (χ0n) is 12.1. The summed E-state index contributed by atoms with van der Waals surface area (Å²) in [6, 6.07) is 1.84. The average molecular weight is 306 g/mol. The Morgan fingerprint density at radius 1 is 1.43 bits per heavy atom. The van der Waals surface area contributed by atoms with Crippen LogP contribution < -0.4 is 5.32 Å². The van der Waals surface area contributed by atoms with Gasteiger partial charge in [0, 0.05) is 30.8 Å². The van der Waals surface area contributed by atoms with Crippen LogP contribution in [0.5, 0.6) is 0 Å². The second kappa shape index (κ2) is 6.40. The van der Waals surface area contributed by atoms with Gasteiger partial charge in [-0.2, -0.15) is 20.1 Å². The van der Waals surface area contributed by atoms with Gasteiger partial charge in [-0.1, -0.05) is 11.8 Å². The standard InChI is InChI=1S/C13H18N6OS/c1-3-14-11-16-12(19-7-4-6-15-19)18-13(17-11)21-10-5-8-20-9(10)2/h4,6-7,9-10H,3,5,8H2,1-2H3,(H,14,16,17,18). The van der Waals surface area contributed by atoms with Crippen molar-refractivity contribution in [3.8, 4) is 5.95 Å². The normalized spacial score (nSPS) is 21.6. The van der Waals surface area contributed by atoms with Crippen molar-refractivity contribution in [1.29, 1.82) is 0 Å². The average Bonchev–Trinajstić information content (AvgIpc) is 3.12. The predicted octanol–water partition coefficient (Wildman–Crippen LogP) is 1.76. The molecule has 0 bridgehead atoms. The van der Waals surface area contributed by atoms with Gasteiger partial charge in [0.05, 0.1) is 6.10 Å². The summed E-state index contributed by atoms with van der Waals surface area (Å²) in [6.45, 7) is 5.66. The number of nitrogens with one attached hydrogen (secondary N) is 1. The molecule has 0 aliphatic carbocycles. The van der Waals surface area contributed by atoms with E-state index in [4.69, 9.17) is 4.74 Å². The molecule has 2 unspecified atom stereocenters. The number of thioether (sulfide) groups is 1. The lowest BCUT2D eigenvalue weighted by Gasteiger charge is -2.13. The third kappa shape index (κ3) is 3.33. The number of aromatic nitrogens is 5. The minimum atomic E-state index is 0.225. The Kier molecular flexibility index (Phi) is 4.35. The third-order valence-electron chi connectivity index (χ3n) is 3.21. The zero-order chi connectivity index (χ0) is 14.7. The highest BCUT2D eigenvalue weighted by Crippen LogP contribution is 2.31. The van der Waals surface area contributed by atoms with Crippen molar-refractivity contribution in [2.24, 2.45) is 0 Å². The molecule has 7 nitrogen and oxygen atoms in total. The summed E-state index contributed by atoms with van der Waals surface area (Å²) in [7, 11) is 0. The van der Waals surface area contributed by atoms with Gasteiger partial charge in [0.15, 0.2) is 5.16 Å². The molecule has 2 aromatic rings.